The predicted molar refractivity (Wildman–Crippen MR) is 74.5 cm³/mol. The molecule has 1 atom stereocenters. The average Bonchev–Trinajstić information content (AvgIpc) is 2.28. The summed E-state index contributed by atoms with van der Waals surface area (Å²) in [4.78, 5) is 0. The topological polar surface area (TPSA) is 70.0 Å². The number of hydrogen-bond donors (Lipinski definition) is 1. The van der Waals surface area contributed by atoms with Crippen molar-refractivity contribution in [3.8, 4) is 6.07 Å². The monoisotopic (exact) mass is 274 g/mol. The molecule has 0 amide bonds. The van der Waals surface area contributed by atoms with Crippen LogP contribution in [0.3, 0.4) is 0 Å². The van der Waals surface area contributed by atoms with E-state index in [2.05, 4.69) is 18.6 Å². The van der Waals surface area contributed by atoms with Gasteiger partial charge in [0.25, 0.3) is 0 Å². The number of nitrogens with zero attached hydrogens (tertiary/aromatic N) is 1. The summed E-state index contributed by atoms with van der Waals surface area (Å²) in [6, 6.07) is 1.82. The number of nitriles is 1. The van der Waals surface area contributed by atoms with Crippen LogP contribution in [-0.2, 0) is 10.0 Å². The lowest BCUT2D eigenvalue weighted by molar-refractivity contribution is 0.517. The Morgan fingerprint density at radius 1 is 1.17 bits per heavy atom. The first-order chi connectivity index (χ1) is 8.44. The van der Waals surface area contributed by atoms with Gasteiger partial charge in [-0.3, -0.25) is 0 Å². The molecule has 0 fully saturated rings. The molecule has 0 bridgehead atoms. The van der Waals surface area contributed by atoms with Crippen LogP contribution in [0.4, 0.5) is 0 Å². The largest absolute Gasteiger partial charge is 0.227 e. The summed E-state index contributed by atoms with van der Waals surface area (Å²) in [5, 5.41) is 7.80. The molecule has 0 aliphatic carbocycles. The Morgan fingerprint density at radius 3 is 2.28 bits per heavy atom. The highest BCUT2D eigenvalue weighted by atomic mass is 32.2. The van der Waals surface area contributed by atoms with Gasteiger partial charge in [-0.1, -0.05) is 46.5 Å². The van der Waals surface area contributed by atoms with Crippen LogP contribution in [0.25, 0.3) is 0 Å². The number of unbranched alkanes of at least 4 members (excludes halogenated alkanes) is 3. The summed E-state index contributed by atoms with van der Waals surface area (Å²) in [7, 11) is -3.44. The number of nitrogens with one attached hydrogen (secondary N) is 1. The van der Waals surface area contributed by atoms with Crippen LogP contribution in [0.15, 0.2) is 0 Å². The molecule has 0 saturated carbocycles. The Balaban J connectivity index is 3.69. The van der Waals surface area contributed by atoms with E-state index in [1.807, 2.05) is 6.07 Å². The molecular formula is C13H26N2O2S. The Labute approximate surface area is 112 Å². The molecule has 0 aromatic carbocycles. The first-order valence-electron chi connectivity index (χ1n) is 6.82. The van der Waals surface area contributed by atoms with Gasteiger partial charge in [0.1, 0.15) is 0 Å². The molecule has 106 valence electrons. The number of sulfonamides is 1. The molecule has 4 nitrogen and oxygen atoms in total. The lowest BCUT2D eigenvalue weighted by Gasteiger charge is -2.10. The Kier molecular flexibility index (Phi) is 9.03. The summed E-state index contributed by atoms with van der Waals surface area (Å²) >= 11 is 0. The van der Waals surface area contributed by atoms with Crippen molar-refractivity contribution in [2.45, 2.75) is 64.5 Å². The Hall–Kier alpha value is -0.600. The second-order valence-corrected chi connectivity index (χ2v) is 7.01. The highest BCUT2D eigenvalue weighted by Gasteiger charge is 2.22. The van der Waals surface area contributed by atoms with Gasteiger partial charge in [-0.05, 0) is 18.8 Å². The molecule has 0 heterocycles. The molecule has 0 saturated heterocycles. The standard InChI is InChI=1S/C13H26N2O2S/c1-4-13(11-14)18(16,17)15-10-8-6-5-7-9-12(2)3/h12-13,15H,4-10H2,1-3H3. The van der Waals surface area contributed by atoms with Gasteiger partial charge >= 0.3 is 0 Å². The Morgan fingerprint density at radius 2 is 1.78 bits per heavy atom. The quantitative estimate of drug-likeness (QED) is 0.623. The molecule has 0 aliphatic rings. The second kappa shape index (κ2) is 9.35. The molecule has 0 aliphatic heterocycles. The van der Waals surface area contributed by atoms with E-state index < -0.39 is 15.3 Å². The second-order valence-electron chi connectivity index (χ2n) is 5.06. The summed E-state index contributed by atoms with van der Waals surface area (Å²) < 4.78 is 25.8. The van der Waals surface area contributed by atoms with E-state index >= 15 is 0 Å². The molecular weight excluding hydrogens is 248 g/mol. The van der Waals surface area contributed by atoms with Gasteiger partial charge < -0.3 is 0 Å². The van der Waals surface area contributed by atoms with Gasteiger partial charge in [-0.2, -0.15) is 5.26 Å². The van der Waals surface area contributed by atoms with Crippen molar-refractivity contribution < 1.29 is 8.42 Å². The van der Waals surface area contributed by atoms with Gasteiger partial charge in [0.15, 0.2) is 5.25 Å². The van der Waals surface area contributed by atoms with E-state index in [-0.39, 0.29) is 0 Å². The lowest BCUT2D eigenvalue weighted by Crippen LogP contribution is -2.33. The smallest absolute Gasteiger partial charge is 0.214 e. The maximum absolute atomic E-state index is 11.6. The minimum absolute atomic E-state index is 0.334. The fourth-order valence-electron chi connectivity index (χ4n) is 1.73. The predicted octanol–water partition coefficient (Wildman–Crippen LogP) is 2.81. The van der Waals surface area contributed by atoms with Crippen molar-refractivity contribution in [1.29, 1.82) is 5.26 Å². The molecule has 0 radical (unpaired) electrons. The molecule has 0 aromatic heterocycles. The van der Waals surface area contributed by atoms with Crippen LogP contribution >= 0.6 is 0 Å². The molecule has 1 N–H and O–H groups in total. The van der Waals surface area contributed by atoms with Gasteiger partial charge in [0.05, 0.1) is 6.07 Å². The van der Waals surface area contributed by atoms with Crippen LogP contribution in [0.5, 0.6) is 0 Å². The minimum atomic E-state index is -3.44. The fraction of sp³-hybridized carbons (Fsp3) is 0.923. The van der Waals surface area contributed by atoms with Crippen LogP contribution in [-0.4, -0.2) is 20.2 Å². The maximum Gasteiger partial charge on any atom is 0.227 e. The summed E-state index contributed by atoms with van der Waals surface area (Å²) in [5.41, 5.74) is 0. The highest BCUT2D eigenvalue weighted by molar-refractivity contribution is 7.90. The maximum atomic E-state index is 11.6. The van der Waals surface area contributed by atoms with E-state index in [4.69, 9.17) is 5.26 Å². The summed E-state index contributed by atoms with van der Waals surface area (Å²) in [6.45, 7) is 6.57. The zero-order valence-electron chi connectivity index (χ0n) is 11.8. The Bertz CT molecular complexity index is 344. The van der Waals surface area contributed by atoms with Crippen LogP contribution < -0.4 is 4.72 Å². The van der Waals surface area contributed by atoms with Crippen molar-refractivity contribution >= 4 is 10.0 Å². The van der Waals surface area contributed by atoms with Crippen molar-refractivity contribution in [3.05, 3.63) is 0 Å². The van der Waals surface area contributed by atoms with E-state index in [1.54, 1.807) is 6.92 Å². The van der Waals surface area contributed by atoms with E-state index in [1.165, 1.54) is 12.8 Å². The van der Waals surface area contributed by atoms with Gasteiger partial charge in [0, 0.05) is 6.54 Å². The van der Waals surface area contributed by atoms with Crippen molar-refractivity contribution in [3.63, 3.8) is 0 Å². The molecule has 5 heteroatoms. The van der Waals surface area contributed by atoms with Crippen LogP contribution in [0.2, 0.25) is 0 Å². The average molecular weight is 274 g/mol. The third-order valence-electron chi connectivity index (χ3n) is 2.90. The minimum Gasteiger partial charge on any atom is -0.214 e. The summed E-state index contributed by atoms with van der Waals surface area (Å²) in [6.07, 6.45) is 5.81. The third kappa shape index (κ3) is 7.67. The van der Waals surface area contributed by atoms with Crippen molar-refractivity contribution in [1.82, 2.24) is 4.72 Å². The zero-order chi connectivity index (χ0) is 14.0. The zero-order valence-corrected chi connectivity index (χ0v) is 12.6. The van der Waals surface area contributed by atoms with Gasteiger partial charge in [-0.15, -0.1) is 0 Å². The first-order valence-corrected chi connectivity index (χ1v) is 8.36. The molecule has 1 unspecified atom stereocenters. The van der Waals surface area contributed by atoms with E-state index in [0.717, 1.165) is 25.2 Å². The van der Waals surface area contributed by atoms with Crippen molar-refractivity contribution in [2.75, 3.05) is 6.54 Å². The summed E-state index contributed by atoms with van der Waals surface area (Å²) in [5.74, 6) is 0.740. The lowest BCUT2D eigenvalue weighted by atomic mass is 10.0. The SMILES string of the molecule is CCC(C#N)S(=O)(=O)NCCCCCCC(C)C. The normalized spacial score (nSPS) is 13.5. The molecule has 0 spiro atoms. The van der Waals surface area contributed by atoms with Crippen molar-refractivity contribution in [2.24, 2.45) is 5.92 Å². The third-order valence-corrected chi connectivity index (χ3v) is 4.70. The number of hydrogen-bond acceptors (Lipinski definition) is 3. The highest BCUT2D eigenvalue weighted by Crippen LogP contribution is 2.09. The fourth-order valence-corrected chi connectivity index (χ4v) is 2.93. The number of rotatable bonds is 10. The van der Waals surface area contributed by atoms with Crippen LogP contribution in [0.1, 0.15) is 59.3 Å². The van der Waals surface area contributed by atoms with Crippen LogP contribution in [0, 0.1) is 17.2 Å². The van der Waals surface area contributed by atoms with Gasteiger partial charge in [-0.25, -0.2) is 13.1 Å². The van der Waals surface area contributed by atoms with E-state index in [0.29, 0.717) is 13.0 Å². The van der Waals surface area contributed by atoms with E-state index in [9.17, 15) is 8.42 Å². The molecule has 0 rings (SSSR count). The molecule has 0 aromatic rings. The first kappa shape index (κ1) is 17.4. The van der Waals surface area contributed by atoms with Gasteiger partial charge in [0.2, 0.25) is 10.0 Å². The molecule has 18 heavy (non-hydrogen) atoms.